The van der Waals surface area contributed by atoms with Crippen LogP contribution < -0.4 is 59.1 Å². The van der Waals surface area contributed by atoms with E-state index in [0.29, 0.717) is 43.8 Å². The highest BCUT2D eigenvalue weighted by atomic mass is 16.5. The van der Waals surface area contributed by atoms with Crippen molar-refractivity contribution in [3.8, 4) is 18.0 Å². The van der Waals surface area contributed by atoms with Crippen LogP contribution in [0.25, 0.3) is 33.5 Å². The van der Waals surface area contributed by atoms with E-state index in [2.05, 4.69) is 55.5 Å². The molecule has 0 spiro atoms. The van der Waals surface area contributed by atoms with E-state index in [1.165, 1.54) is 40.1 Å². The van der Waals surface area contributed by atoms with Crippen molar-refractivity contribution >= 4 is 104 Å². The van der Waals surface area contributed by atoms with Crippen LogP contribution in [0.5, 0.6) is 18.0 Å². The number of methoxy groups -OCH3 is 3. The van der Waals surface area contributed by atoms with Crippen LogP contribution in [0.3, 0.4) is 0 Å². The summed E-state index contributed by atoms with van der Waals surface area (Å²) < 4.78 is 35.6. The van der Waals surface area contributed by atoms with E-state index in [-0.39, 0.29) is 192 Å². The number of carbonyl (C=O) groups is 9. The van der Waals surface area contributed by atoms with Crippen molar-refractivity contribution in [1.29, 1.82) is 0 Å². The van der Waals surface area contributed by atoms with Gasteiger partial charge in [-0.25, -0.2) is 14.4 Å². The topological polar surface area (TPSA) is 512 Å². The SMILES string of the molecule is COCCOc1nc(N)c2[nH]c(=O)n(Cc3ccc(CCC(=O)CCN4C(=O)C=CC4=O)cc3)c2n1.COCCOc1nc(N)c2[nH]c(=O)n(Cc3ccc(CNC(=O)CCN4C(=O)CC(CC5CC(=O)N(CCC(=O)NCc6ccc(Cn7c(=O)[nH]c8c(N)nc(OCCOC)nc87)cc6)C5=O)C4=O)cc3)c2n1. The molecule has 3 aliphatic rings. The molecule has 3 aliphatic heterocycles. The fourth-order valence-corrected chi connectivity index (χ4v) is 12.2. The summed E-state index contributed by atoms with van der Waals surface area (Å²) in [7, 11) is 4.61. The van der Waals surface area contributed by atoms with Crippen molar-refractivity contribution in [2.24, 2.45) is 11.8 Å². The number of nitrogens with two attached hydrogens (primary N) is 3. The summed E-state index contributed by atoms with van der Waals surface area (Å²) in [5.74, 6) is -5.00. The minimum absolute atomic E-state index is 0.00622. The highest BCUT2D eigenvalue weighted by Crippen LogP contribution is 2.33. The van der Waals surface area contributed by atoms with Crippen LogP contribution in [0.1, 0.15) is 78.3 Å². The van der Waals surface area contributed by atoms with Gasteiger partial charge in [-0.1, -0.05) is 72.8 Å². The zero-order chi connectivity index (χ0) is 77.4. The van der Waals surface area contributed by atoms with Crippen molar-refractivity contribution in [3.05, 3.63) is 150 Å². The number of rotatable bonds is 36. The maximum absolute atomic E-state index is 13.3. The summed E-state index contributed by atoms with van der Waals surface area (Å²) >= 11 is 0. The second-order valence-electron chi connectivity index (χ2n) is 25.6. The highest BCUT2D eigenvalue weighted by Gasteiger charge is 2.45. The number of nitrogen functional groups attached to an aromatic ring is 3. The molecule has 572 valence electrons. The first-order valence-electron chi connectivity index (χ1n) is 34.7. The molecule has 0 saturated carbocycles. The second kappa shape index (κ2) is 35.5. The number of ketones is 1. The molecule has 9 heterocycles. The Morgan fingerprint density at radius 3 is 1.11 bits per heavy atom. The third-order valence-electron chi connectivity index (χ3n) is 18.1. The number of nitrogens with one attached hydrogen (secondary N) is 5. The van der Waals surface area contributed by atoms with Gasteiger partial charge in [0.15, 0.2) is 34.4 Å². The number of hydrogen-bond acceptors (Lipinski definition) is 27. The number of anilines is 3. The number of aromatic amines is 3. The molecular weight excluding hydrogens is 1420 g/mol. The molecule has 6 aromatic heterocycles. The molecule has 12 rings (SSSR count). The minimum Gasteiger partial charge on any atom is -0.461 e. The monoisotopic (exact) mass is 1500 g/mol. The lowest BCUT2D eigenvalue weighted by atomic mass is 9.92. The average Bonchev–Trinajstić information content (AvgIpc) is 1.65. The van der Waals surface area contributed by atoms with E-state index in [0.717, 1.165) is 48.1 Å². The van der Waals surface area contributed by atoms with Crippen molar-refractivity contribution < 1.29 is 71.6 Å². The number of imide groups is 3. The molecule has 9 aromatic rings. The Bertz CT molecular complexity index is 4890. The van der Waals surface area contributed by atoms with Crippen LogP contribution in [-0.2, 0) is 96.5 Å². The summed E-state index contributed by atoms with van der Waals surface area (Å²) in [5, 5.41) is 5.58. The fraction of sp³-hybridized carbons (Fsp3) is 0.380. The Labute approximate surface area is 618 Å². The summed E-state index contributed by atoms with van der Waals surface area (Å²) in [6, 6.07) is 21.9. The summed E-state index contributed by atoms with van der Waals surface area (Å²) in [4.78, 5) is 188. The van der Waals surface area contributed by atoms with Gasteiger partial charge in [0.2, 0.25) is 35.4 Å². The molecule has 2 unspecified atom stereocenters. The fourth-order valence-electron chi connectivity index (χ4n) is 12.2. The lowest BCUT2D eigenvalue weighted by Crippen LogP contribution is -2.36. The van der Waals surface area contributed by atoms with Crippen LogP contribution >= 0.6 is 0 Å². The first-order chi connectivity index (χ1) is 52.5. The van der Waals surface area contributed by atoms with Gasteiger partial charge in [-0.15, -0.1) is 0 Å². The standard InChI is InChI=1S/C47H54N14O12.C24H26N6O6/c1-70-15-17-72-44-54-38(48)36-40(56-44)60(46(68)52-36)24-28-7-3-26(4-8-28)22-50-32(62)11-13-58-34(64)20-30(42(58)66)19-31-21-35(65)59(43(31)67)14-12-33(63)51-23-27-5-9-29(10-6-27)25-61-41-37(53-47(61)69)39(49)55-45(57-41)73-18-16-71-2;1-35-12-13-36-23-27-21(25)20-22(28-23)30(24(34)26-20)14-16-4-2-15(3-5-16)6-7-17(31)10-11-29-18(32)8-9-19(29)33/h3-10,30-31H,11-25H2,1-2H3,(H,50,62)(H,51,63)(H,52,68)(H,53,69)(H2,48,54,56)(H2,49,55,57);2-5,8-9H,6-7,10-14H2,1H3,(H,26,34)(H2,25,27,28). The lowest BCUT2D eigenvalue weighted by Gasteiger charge is -2.17. The number of hydrogen-bond donors (Lipinski definition) is 8. The van der Waals surface area contributed by atoms with Crippen LogP contribution in [-0.4, -0.2) is 207 Å². The number of amides is 8. The third kappa shape index (κ3) is 19.2. The summed E-state index contributed by atoms with van der Waals surface area (Å²) in [5.41, 5.74) is 23.4. The molecule has 109 heavy (non-hydrogen) atoms. The van der Waals surface area contributed by atoms with Gasteiger partial charge >= 0.3 is 35.1 Å². The maximum Gasteiger partial charge on any atom is 0.328 e. The molecule has 0 radical (unpaired) electrons. The number of likely N-dealkylation sites (tertiary alicyclic amines) is 2. The van der Waals surface area contributed by atoms with Gasteiger partial charge in [-0.05, 0) is 46.2 Å². The maximum atomic E-state index is 13.3. The molecule has 38 heteroatoms. The number of nitrogens with zero attached hydrogens (tertiary/aromatic N) is 12. The number of aromatic nitrogens is 12. The van der Waals surface area contributed by atoms with Gasteiger partial charge in [-0.3, -0.25) is 71.6 Å². The largest absolute Gasteiger partial charge is 0.461 e. The Morgan fingerprint density at radius 2 is 0.761 bits per heavy atom. The van der Waals surface area contributed by atoms with Crippen molar-refractivity contribution in [2.75, 3.05) is 97.8 Å². The van der Waals surface area contributed by atoms with Crippen molar-refractivity contribution in [1.82, 2.24) is 83.9 Å². The lowest BCUT2D eigenvalue weighted by molar-refractivity contribution is -0.141. The summed E-state index contributed by atoms with van der Waals surface area (Å²) in [6.07, 6.45) is 2.74. The number of fused-ring (bicyclic) bond motifs is 3. The predicted octanol–water partition coefficient (Wildman–Crippen LogP) is 0.309. The number of imidazole rings is 3. The molecule has 0 bridgehead atoms. The normalized spacial score (nSPS) is 14.9. The van der Waals surface area contributed by atoms with E-state index < -0.39 is 58.7 Å². The Kier molecular flexibility index (Phi) is 25.2. The zero-order valence-electron chi connectivity index (χ0n) is 59.7. The van der Waals surface area contributed by atoms with Gasteiger partial charge in [0.05, 0.1) is 39.5 Å². The third-order valence-corrected chi connectivity index (χ3v) is 18.1. The van der Waals surface area contributed by atoms with E-state index in [1.54, 1.807) is 55.6 Å². The molecule has 2 saturated heterocycles. The summed E-state index contributed by atoms with van der Waals surface area (Å²) in [6.45, 7) is 2.28. The van der Waals surface area contributed by atoms with E-state index >= 15 is 0 Å². The smallest absolute Gasteiger partial charge is 0.328 e. The predicted molar refractivity (Wildman–Crippen MR) is 387 cm³/mol. The minimum atomic E-state index is -0.832. The molecule has 3 aromatic carbocycles. The van der Waals surface area contributed by atoms with Crippen molar-refractivity contribution in [3.63, 3.8) is 0 Å². The highest BCUT2D eigenvalue weighted by molar-refractivity contribution is 6.13. The number of carbonyl (C=O) groups excluding carboxylic acids is 9. The number of aryl methyl sites for hydroxylation is 1. The van der Waals surface area contributed by atoms with Gasteiger partial charge < -0.3 is 71.2 Å². The Balaban J connectivity index is 0.000000273. The van der Waals surface area contributed by atoms with E-state index in [1.807, 2.05) is 24.3 Å². The first kappa shape index (κ1) is 77.3. The molecule has 2 atom stereocenters. The van der Waals surface area contributed by atoms with Crippen LogP contribution in [0.2, 0.25) is 0 Å². The number of H-pyrrole nitrogens is 3. The second-order valence-corrected chi connectivity index (χ2v) is 25.6. The van der Waals surface area contributed by atoms with Gasteiger partial charge in [-0.2, -0.15) is 29.9 Å². The van der Waals surface area contributed by atoms with E-state index in [4.69, 9.17) is 45.6 Å². The molecule has 0 aliphatic carbocycles. The van der Waals surface area contributed by atoms with Crippen LogP contribution in [0.15, 0.2) is 99.3 Å². The first-order valence-corrected chi connectivity index (χ1v) is 34.7. The molecule has 38 nitrogen and oxygen atoms in total. The van der Waals surface area contributed by atoms with Gasteiger partial charge in [0, 0.05) is 117 Å². The molecular formula is C71H80N20O18. The average molecular weight is 1500 g/mol. The van der Waals surface area contributed by atoms with Crippen LogP contribution in [0, 0.1) is 11.8 Å². The van der Waals surface area contributed by atoms with E-state index in [9.17, 15) is 57.5 Å². The molecule has 8 amide bonds. The Hall–Kier alpha value is -12.8. The quantitative estimate of drug-likeness (QED) is 0.0193. The Morgan fingerprint density at radius 1 is 0.431 bits per heavy atom. The molecule has 11 N–H and O–H groups in total. The molecule has 2 fully saturated rings. The number of ether oxygens (including phenoxy) is 6. The zero-order valence-corrected chi connectivity index (χ0v) is 59.7. The number of Topliss-reactive ketones (excluding diaryl/α,β-unsaturated/α-hetero) is 1. The van der Waals surface area contributed by atoms with Crippen molar-refractivity contribution in [2.45, 2.75) is 84.1 Å². The van der Waals surface area contributed by atoms with Gasteiger partial charge in [0.1, 0.15) is 42.2 Å². The number of benzene rings is 3. The van der Waals surface area contributed by atoms with Crippen LogP contribution in [0.4, 0.5) is 17.5 Å². The van der Waals surface area contributed by atoms with Gasteiger partial charge in [0.25, 0.3) is 11.8 Å².